The molecular formula is C13H14BrNO3. The third-order valence-electron chi connectivity index (χ3n) is 3.15. The number of halogens is 1. The minimum Gasteiger partial charge on any atom is -0.481 e. The van der Waals surface area contributed by atoms with Crippen LogP contribution < -0.4 is 5.32 Å². The molecule has 0 spiro atoms. The number of carbonyl (C=O) groups excluding carboxylic acids is 1. The van der Waals surface area contributed by atoms with Crippen molar-refractivity contribution in [2.75, 3.05) is 0 Å². The van der Waals surface area contributed by atoms with Crippen LogP contribution in [0.15, 0.2) is 28.7 Å². The third kappa shape index (κ3) is 2.90. The van der Waals surface area contributed by atoms with Crippen molar-refractivity contribution >= 4 is 27.8 Å². The van der Waals surface area contributed by atoms with E-state index in [-0.39, 0.29) is 17.9 Å². The quantitative estimate of drug-likeness (QED) is 0.897. The molecule has 4 nitrogen and oxygen atoms in total. The Morgan fingerprint density at radius 1 is 1.44 bits per heavy atom. The summed E-state index contributed by atoms with van der Waals surface area (Å²) in [6.07, 6.45) is 0.451. The fourth-order valence-electron chi connectivity index (χ4n) is 1.94. The molecule has 1 aromatic carbocycles. The van der Waals surface area contributed by atoms with Gasteiger partial charge in [-0.05, 0) is 31.0 Å². The number of aliphatic carboxylic acids is 1. The summed E-state index contributed by atoms with van der Waals surface area (Å²) >= 11 is 3.38. The van der Waals surface area contributed by atoms with Crippen LogP contribution in [-0.4, -0.2) is 17.0 Å². The van der Waals surface area contributed by atoms with Gasteiger partial charge in [0.2, 0.25) is 5.91 Å². The van der Waals surface area contributed by atoms with E-state index in [1.165, 1.54) is 0 Å². The van der Waals surface area contributed by atoms with Crippen molar-refractivity contribution < 1.29 is 14.7 Å². The van der Waals surface area contributed by atoms with E-state index in [9.17, 15) is 9.59 Å². The number of carboxylic acid groups (broad SMARTS) is 1. The molecule has 96 valence electrons. The maximum Gasteiger partial charge on any atom is 0.307 e. The van der Waals surface area contributed by atoms with Gasteiger partial charge < -0.3 is 10.4 Å². The van der Waals surface area contributed by atoms with Crippen molar-refractivity contribution in [3.63, 3.8) is 0 Å². The number of nitrogens with one attached hydrogen (secondary N) is 1. The second-order valence-corrected chi connectivity index (χ2v) is 5.49. The highest BCUT2D eigenvalue weighted by atomic mass is 79.9. The average Bonchev–Trinajstić information content (AvgIpc) is 3.08. The van der Waals surface area contributed by atoms with Gasteiger partial charge >= 0.3 is 5.97 Å². The molecule has 0 heterocycles. The van der Waals surface area contributed by atoms with E-state index in [0.717, 1.165) is 10.0 Å². The van der Waals surface area contributed by atoms with E-state index >= 15 is 0 Å². The van der Waals surface area contributed by atoms with Crippen LogP contribution in [0.25, 0.3) is 0 Å². The summed E-state index contributed by atoms with van der Waals surface area (Å²) in [5.41, 5.74) is 0.991. The fraction of sp³-hybridized carbons (Fsp3) is 0.385. The molecule has 1 aromatic rings. The van der Waals surface area contributed by atoms with E-state index in [1.807, 2.05) is 31.2 Å². The number of benzene rings is 1. The van der Waals surface area contributed by atoms with Crippen molar-refractivity contribution in [3.05, 3.63) is 34.3 Å². The molecule has 2 N–H and O–H groups in total. The number of rotatable bonds is 4. The Bertz CT molecular complexity index is 489. The molecule has 0 saturated heterocycles. The molecule has 1 aliphatic carbocycles. The van der Waals surface area contributed by atoms with E-state index in [0.29, 0.717) is 6.42 Å². The van der Waals surface area contributed by atoms with Crippen LogP contribution in [0, 0.1) is 11.8 Å². The molecule has 1 saturated carbocycles. The Labute approximate surface area is 114 Å². The molecule has 1 amide bonds. The number of carboxylic acids is 1. The molecule has 5 heteroatoms. The topological polar surface area (TPSA) is 66.4 Å². The summed E-state index contributed by atoms with van der Waals surface area (Å²) in [6, 6.07) is 7.56. The lowest BCUT2D eigenvalue weighted by molar-refractivity contribution is -0.140. The van der Waals surface area contributed by atoms with Crippen LogP contribution in [0.2, 0.25) is 0 Å². The lowest BCUT2D eigenvalue weighted by atomic mass is 10.1. The molecule has 0 unspecified atom stereocenters. The third-order valence-corrected chi connectivity index (χ3v) is 3.65. The molecule has 3 atom stereocenters. The Balaban J connectivity index is 1.94. The number of hydrogen-bond donors (Lipinski definition) is 2. The summed E-state index contributed by atoms with van der Waals surface area (Å²) < 4.78 is 0.955. The van der Waals surface area contributed by atoms with Gasteiger partial charge in [-0.3, -0.25) is 9.59 Å². The first-order valence-electron chi connectivity index (χ1n) is 5.77. The predicted octanol–water partition coefficient (Wildman–Crippen LogP) is 2.35. The van der Waals surface area contributed by atoms with E-state index in [2.05, 4.69) is 21.2 Å². The summed E-state index contributed by atoms with van der Waals surface area (Å²) in [4.78, 5) is 22.5. The zero-order chi connectivity index (χ0) is 13.3. The first-order chi connectivity index (χ1) is 8.49. The largest absolute Gasteiger partial charge is 0.481 e. The first kappa shape index (κ1) is 13.1. The zero-order valence-electron chi connectivity index (χ0n) is 9.89. The van der Waals surface area contributed by atoms with Crippen molar-refractivity contribution in [2.45, 2.75) is 19.4 Å². The SMILES string of the molecule is C[C@H](NC(=O)[C@H]1C[C@@H]1C(=O)O)c1cccc(Br)c1. The van der Waals surface area contributed by atoms with E-state index in [1.54, 1.807) is 0 Å². The molecule has 0 aromatic heterocycles. The van der Waals surface area contributed by atoms with Crippen LogP contribution >= 0.6 is 15.9 Å². The van der Waals surface area contributed by atoms with Gasteiger partial charge in [-0.15, -0.1) is 0 Å². The molecule has 1 aliphatic rings. The van der Waals surface area contributed by atoms with Crippen molar-refractivity contribution in [1.29, 1.82) is 0 Å². The summed E-state index contributed by atoms with van der Waals surface area (Å²) in [5.74, 6) is -1.92. The monoisotopic (exact) mass is 311 g/mol. The Hall–Kier alpha value is -1.36. The summed E-state index contributed by atoms with van der Waals surface area (Å²) in [5, 5.41) is 11.6. The second-order valence-electron chi connectivity index (χ2n) is 4.57. The van der Waals surface area contributed by atoms with Gasteiger partial charge in [0.15, 0.2) is 0 Å². The molecular weight excluding hydrogens is 298 g/mol. The fourth-order valence-corrected chi connectivity index (χ4v) is 2.35. The van der Waals surface area contributed by atoms with E-state index in [4.69, 9.17) is 5.11 Å². The van der Waals surface area contributed by atoms with Gasteiger partial charge in [0.05, 0.1) is 17.9 Å². The molecule has 18 heavy (non-hydrogen) atoms. The Morgan fingerprint density at radius 2 is 2.17 bits per heavy atom. The van der Waals surface area contributed by atoms with Crippen molar-refractivity contribution in [2.24, 2.45) is 11.8 Å². The summed E-state index contributed by atoms with van der Waals surface area (Å²) in [6.45, 7) is 1.89. The van der Waals surface area contributed by atoms with Gasteiger partial charge in [-0.2, -0.15) is 0 Å². The maximum atomic E-state index is 11.8. The van der Waals surface area contributed by atoms with Crippen LogP contribution in [0.1, 0.15) is 24.9 Å². The van der Waals surface area contributed by atoms with Gasteiger partial charge in [-0.25, -0.2) is 0 Å². The summed E-state index contributed by atoms with van der Waals surface area (Å²) in [7, 11) is 0. The molecule has 0 radical (unpaired) electrons. The van der Waals surface area contributed by atoms with Crippen LogP contribution in [-0.2, 0) is 9.59 Å². The van der Waals surface area contributed by atoms with Crippen LogP contribution in [0.4, 0.5) is 0 Å². The average molecular weight is 312 g/mol. The number of carbonyl (C=O) groups is 2. The molecule has 2 rings (SSSR count). The van der Waals surface area contributed by atoms with Gasteiger partial charge in [0.25, 0.3) is 0 Å². The second kappa shape index (κ2) is 5.10. The normalized spacial score (nSPS) is 23.2. The van der Waals surface area contributed by atoms with Gasteiger partial charge in [-0.1, -0.05) is 28.1 Å². The lowest BCUT2D eigenvalue weighted by Crippen LogP contribution is -2.29. The van der Waals surface area contributed by atoms with Crippen molar-refractivity contribution in [3.8, 4) is 0 Å². The zero-order valence-corrected chi connectivity index (χ0v) is 11.5. The maximum absolute atomic E-state index is 11.8. The molecule has 0 bridgehead atoms. The first-order valence-corrected chi connectivity index (χ1v) is 6.57. The highest BCUT2D eigenvalue weighted by Crippen LogP contribution is 2.39. The van der Waals surface area contributed by atoms with Crippen LogP contribution in [0.5, 0.6) is 0 Å². The molecule has 0 aliphatic heterocycles. The van der Waals surface area contributed by atoms with Crippen LogP contribution in [0.3, 0.4) is 0 Å². The Morgan fingerprint density at radius 3 is 2.72 bits per heavy atom. The van der Waals surface area contributed by atoms with Crippen molar-refractivity contribution in [1.82, 2.24) is 5.32 Å². The highest BCUT2D eigenvalue weighted by Gasteiger charge is 2.48. The minimum absolute atomic E-state index is 0.120. The minimum atomic E-state index is -0.884. The lowest BCUT2D eigenvalue weighted by Gasteiger charge is -2.14. The molecule has 1 fully saturated rings. The highest BCUT2D eigenvalue weighted by molar-refractivity contribution is 9.10. The van der Waals surface area contributed by atoms with Gasteiger partial charge in [0.1, 0.15) is 0 Å². The van der Waals surface area contributed by atoms with Gasteiger partial charge in [0, 0.05) is 4.47 Å². The Kier molecular flexibility index (Phi) is 3.71. The van der Waals surface area contributed by atoms with E-state index < -0.39 is 11.9 Å². The standard InChI is InChI=1S/C13H14BrNO3/c1-7(8-3-2-4-9(14)5-8)15-12(16)10-6-11(10)13(17)18/h2-5,7,10-11H,6H2,1H3,(H,15,16)(H,17,18)/t7-,10-,11-/m0/s1. The number of hydrogen-bond acceptors (Lipinski definition) is 2. The number of amides is 1. The smallest absolute Gasteiger partial charge is 0.307 e. The predicted molar refractivity (Wildman–Crippen MR) is 69.9 cm³/mol.